The van der Waals surface area contributed by atoms with Crippen LogP contribution in [0.15, 0.2) is 34.8 Å². The lowest BCUT2D eigenvalue weighted by molar-refractivity contribution is -0.138. The number of methoxy groups -OCH3 is 1. The molecule has 0 saturated heterocycles. The molecule has 0 fully saturated rings. The fourth-order valence-corrected chi connectivity index (χ4v) is 2.72. The molecule has 2 rings (SSSR count). The number of fused-ring (bicyclic) bond motifs is 1. The number of ether oxygens (including phenoxy) is 1. The Kier molecular flexibility index (Phi) is 3.57. The number of aliphatic carboxylic acids is 1. The van der Waals surface area contributed by atoms with Crippen molar-refractivity contribution < 1.29 is 14.6 Å². The second kappa shape index (κ2) is 4.98. The number of carboxylic acids is 1. The first-order valence-electron chi connectivity index (χ1n) is 5.53. The highest BCUT2D eigenvalue weighted by Gasteiger charge is 2.17. The third kappa shape index (κ3) is 2.20. The lowest BCUT2D eigenvalue weighted by Crippen LogP contribution is -2.08. The van der Waals surface area contributed by atoms with Crippen molar-refractivity contribution in [3.05, 3.63) is 40.4 Å². The van der Waals surface area contributed by atoms with Gasteiger partial charge in [0.1, 0.15) is 5.75 Å². The molecule has 3 nitrogen and oxygen atoms in total. The van der Waals surface area contributed by atoms with E-state index in [-0.39, 0.29) is 0 Å². The van der Waals surface area contributed by atoms with E-state index in [1.54, 1.807) is 14.0 Å². The maximum absolute atomic E-state index is 11.0. The van der Waals surface area contributed by atoms with E-state index >= 15 is 0 Å². The Bertz CT molecular complexity index is 607. The monoisotopic (exact) mass is 308 g/mol. The number of benzene rings is 2. The van der Waals surface area contributed by atoms with Gasteiger partial charge in [0.25, 0.3) is 0 Å². The molecule has 0 heterocycles. The van der Waals surface area contributed by atoms with Gasteiger partial charge in [-0.25, -0.2) is 0 Å². The minimum Gasteiger partial charge on any atom is -0.497 e. The number of carbonyl (C=O) groups is 1. The lowest BCUT2D eigenvalue weighted by atomic mass is 9.98. The van der Waals surface area contributed by atoms with Crippen molar-refractivity contribution in [2.45, 2.75) is 12.8 Å². The zero-order valence-corrected chi connectivity index (χ0v) is 11.7. The van der Waals surface area contributed by atoms with Gasteiger partial charge in [0, 0.05) is 4.47 Å². The number of carboxylic acid groups (broad SMARTS) is 1. The van der Waals surface area contributed by atoms with E-state index in [4.69, 9.17) is 9.84 Å². The van der Waals surface area contributed by atoms with Crippen molar-refractivity contribution in [3.8, 4) is 5.75 Å². The molecule has 1 N–H and O–H groups in total. The van der Waals surface area contributed by atoms with Gasteiger partial charge >= 0.3 is 5.97 Å². The molecule has 0 radical (unpaired) electrons. The topological polar surface area (TPSA) is 46.5 Å². The number of hydrogen-bond acceptors (Lipinski definition) is 2. The van der Waals surface area contributed by atoms with Crippen LogP contribution in [0.25, 0.3) is 10.8 Å². The van der Waals surface area contributed by atoms with Crippen molar-refractivity contribution in [2.24, 2.45) is 0 Å². The summed E-state index contributed by atoms with van der Waals surface area (Å²) in [6.45, 7) is 1.68. The van der Waals surface area contributed by atoms with Gasteiger partial charge in [-0.1, -0.05) is 12.1 Å². The zero-order valence-electron chi connectivity index (χ0n) is 10.1. The lowest BCUT2D eigenvalue weighted by Gasteiger charge is -2.12. The summed E-state index contributed by atoms with van der Waals surface area (Å²) in [7, 11) is 1.62. The Balaban J connectivity index is 2.61. The molecule has 0 amide bonds. The molecule has 0 aliphatic heterocycles. The molecule has 94 valence electrons. The van der Waals surface area contributed by atoms with E-state index < -0.39 is 11.9 Å². The third-order valence-electron chi connectivity index (χ3n) is 3.03. The standard InChI is InChI=1S/C14H13BrO3/c1-8(14(16)17)11-5-3-9-7-10(18-2)4-6-12(9)13(11)15/h3-8H,1-2H3,(H,16,17)/t8-/m0/s1. The summed E-state index contributed by atoms with van der Waals surface area (Å²) in [6, 6.07) is 9.47. The zero-order chi connectivity index (χ0) is 13.3. The van der Waals surface area contributed by atoms with Crippen LogP contribution in [0.3, 0.4) is 0 Å². The maximum atomic E-state index is 11.0. The average Bonchev–Trinajstić information content (AvgIpc) is 2.37. The van der Waals surface area contributed by atoms with Crippen molar-refractivity contribution in [3.63, 3.8) is 0 Å². The molecule has 2 aromatic carbocycles. The van der Waals surface area contributed by atoms with Gasteiger partial charge in [0.15, 0.2) is 0 Å². The molecule has 0 aromatic heterocycles. The van der Waals surface area contributed by atoms with Crippen molar-refractivity contribution in [1.29, 1.82) is 0 Å². The Morgan fingerprint density at radius 1 is 1.33 bits per heavy atom. The molecule has 0 unspecified atom stereocenters. The van der Waals surface area contributed by atoms with Crippen LogP contribution in [0.2, 0.25) is 0 Å². The van der Waals surface area contributed by atoms with Crippen LogP contribution in [0.1, 0.15) is 18.4 Å². The average molecular weight is 309 g/mol. The van der Waals surface area contributed by atoms with Crippen molar-refractivity contribution in [1.82, 2.24) is 0 Å². The number of rotatable bonds is 3. The van der Waals surface area contributed by atoms with E-state index in [1.807, 2.05) is 30.3 Å². The van der Waals surface area contributed by atoms with Gasteiger partial charge in [-0.2, -0.15) is 0 Å². The quantitative estimate of drug-likeness (QED) is 0.938. The van der Waals surface area contributed by atoms with Crippen LogP contribution in [0, 0.1) is 0 Å². The predicted molar refractivity (Wildman–Crippen MR) is 74.3 cm³/mol. The SMILES string of the molecule is COc1ccc2c(Br)c([C@H](C)C(=O)O)ccc2c1. The van der Waals surface area contributed by atoms with Gasteiger partial charge in [0.2, 0.25) is 0 Å². The molecule has 0 bridgehead atoms. The fraction of sp³-hybridized carbons (Fsp3) is 0.214. The van der Waals surface area contributed by atoms with Gasteiger partial charge < -0.3 is 9.84 Å². The highest BCUT2D eigenvalue weighted by Crippen LogP contribution is 2.34. The fourth-order valence-electron chi connectivity index (χ4n) is 1.88. The van der Waals surface area contributed by atoms with E-state index in [0.29, 0.717) is 0 Å². The number of halogens is 1. The Morgan fingerprint density at radius 3 is 2.67 bits per heavy atom. The highest BCUT2D eigenvalue weighted by molar-refractivity contribution is 9.10. The summed E-state index contributed by atoms with van der Waals surface area (Å²) in [5.74, 6) is -0.581. The summed E-state index contributed by atoms with van der Waals surface area (Å²) in [6.07, 6.45) is 0. The van der Waals surface area contributed by atoms with Gasteiger partial charge in [-0.15, -0.1) is 0 Å². The largest absolute Gasteiger partial charge is 0.497 e. The van der Waals surface area contributed by atoms with Crippen LogP contribution in [0.5, 0.6) is 5.75 Å². The molecule has 2 aromatic rings. The van der Waals surface area contributed by atoms with E-state index in [2.05, 4.69) is 15.9 Å². The van der Waals surface area contributed by atoms with Crippen LogP contribution in [-0.4, -0.2) is 18.2 Å². The molecule has 1 atom stereocenters. The summed E-state index contributed by atoms with van der Waals surface area (Å²) < 4.78 is 6.00. The molecular formula is C14H13BrO3. The van der Waals surface area contributed by atoms with Crippen molar-refractivity contribution >= 4 is 32.7 Å². The minimum atomic E-state index is -0.830. The van der Waals surface area contributed by atoms with Crippen LogP contribution in [-0.2, 0) is 4.79 Å². The molecule has 0 saturated carbocycles. The van der Waals surface area contributed by atoms with E-state index in [1.165, 1.54) is 0 Å². The first kappa shape index (κ1) is 12.9. The molecule has 0 aliphatic rings. The van der Waals surface area contributed by atoms with E-state index in [9.17, 15) is 4.79 Å². The van der Waals surface area contributed by atoms with Crippen LogP contribution in [0.4, 0.5) is 0 Å². The van der Waals surface area contributed by atoms with Gasteiger partial charge in [-0.05, 0) is 57.4 Å². The maximum Gasteiger partial charge on any atom is 0.310 e. The minimum absolute atomic E-state index is 0.536. The summed E-state index contributed by atoms with van der Waals surface area (Å²) >= 11 is 3.49. The van der Waals surface area contributed by atoms with Gasteiger partial charge in [0.05, 0.1) is 13.0 Å². The summed E-state index contributed by atoms with van der Waals surface area (Å²) in [5.41, 5.74) is 0.778. The molecular weight excluding hydrogens is 296 g/mol. The second-order valence-electron chi connectivity index (χ2n) is 4.12. The van der Waals surface area contributed by atoms with Crippen LogP contribution < -0.4 is 4.74 Å². The molecule has 18 heavy (non-hydrogen) atoms. The Hall–Kier alpha value is -1.55. The Labute approximate surface area is 114 Å². The third-order valence-corrected chi connectivity index (χ3v) is 3.91. The number of hydrogen-bond donors (Lipinski definition) is 1. The van der Waals surface area contributed by atoms with Gasteiger partial charge in [-0.3, -0.25) is 4.79 Å². The predicted octanol–water partition coefficient (Wildman–Crippen LogP) is 3.80. The summed E-state index contributed by atoms with van der Waals surface area (Å²) in [4.78, 5) is 11.0. The highest BCUT2D eigenvalue weighted by atomic mass is 79.9. The molecule has 0 aliphatic carbocycles. The normalized spacial score (nSPS) is 12.4. The first-order valence-corrected chi connectivity index (χ1v) is 6.33. The van der Waals surface area contributed by atoms with Crippen LogP contribution >= 0.6 is 15.9 Å². The van der Waals surface area contributed by atoms with Crippen molar-refractivity contribution in [2.75, 3.05) is 7.11 Å². The Morgan fingerprint density at radius 2 is 2.06 bits per heavy atom. The summed E-state index contributed by atoms with van der Waals surface area (Å²) in [5, 5.41) is 11.1. The first-order chi connectivity index (χ1) is 8.54. The van der Waals surface area contributed by atoms with E-state index in [0.717, 1.165) is 26.6 Å². The second-order valence-corrected chi connectivity index (χ2v) is 4.91. The molecule has 4 heteroatoms. The smallest absolute Gasteiger partial charge is 0.310 e. The molecule has 0 spiro atoms.